The molecular weight excluding hydrogens is 488 g/mol. The highest BCUT2D eigenvalue weighted by molar-refractivity contribution is 6.08. The zero-order valence-electron chi connectivity index (χ0n) is 22.9. The van der Waals surface area contributed by atoms with Crippen molar-refractivity contribution in [2.45, 2.75) is 26.2 Å². The summed E-state index contributed by atoms with van der Waals surface area (Å²) in [5.41, 5.74) is 9.67. The predicted octanol–water partition coefficient (Wildman–Crippen LogP) is 9.00. The summed E-state index contributed by atoms with van der Waals surface area (Å²) >= 11 is 0. The smallest absolute Gasteiger partial charge is 0.165 e. The maximum absolute atomic E-state index is 5.38. The SMILES string of the molecule is CC(C)(C)c1cc(-c2ccccn2)cc(-n2c3ccccc3c3c2nc(-c2ccccc2)n3-c2ccccc2)c1. The van der Waals surface area contributed by atoms with Crippen molar-refractivity contribution in [2.24, 2.45) is 0 Å². The Morgan fingerprint density at radius 2 is 1.30 bits per heavy atom. The number of hydrogen-bond acceptors (Lipinski definition) is 2. The highest BCUT2D eigenvalue weighted by Gasteiger charge is 2.24. The zero-order chi connectivity index (χ0) is 27.3. The fourth-order valence-electron chi connectivity index (χ4n) is 5.51. The van der Waals surface area contributed by atoms with Gasteiger partial charge in [0.25, 0.3) is 0 Å². The lowest BCUT2D eigenvalue weighted by atomic mass is 9.85. The monoisotopic (exact) mass is 518 g/mol. The topological polar surface area (TPSA) is 35.6 Å². The van der Waals surface area contributed by atoms with Gasteiger partial charge in [-0.2, -0.15) is 0 Å². The van der Waals surface area contributed by atoms with E-state index in [2.05, 4.69) is 138 Å². The first-order valence-corrected chi connectivity index (χ1v) is 13.7. The van der Waals surface area contributed by atoms with E-state index in [-0.39, 0.29) is 5.41 Å². The van der Waals surface area contributed by atoms with Gasteiger partial charge in [-0.3, -0.25) is 14.1 Å². The van der Waals surface area contributed by atoms with Gasteiger partial charge in [0.05, 0.1) is 11.2 Å². The maximum atomic E-state index is 5.38. The molecule has 3 heterocycles. The van der Waals surface area contributed by atoms with Gasteiger partial charge >= 0.3 is 0 Å². The van der Waals surface area contributed by atoms with Crippen molar-refractivity contribution in [2.75, 3.05) is 0 Å². The van der Waals surface area contributed by atoms with E-state index in [0.717, 1.165) is 56.1 Å². The number of benzene rings is 4. The van der Waals surface area contributed by atoms with Crippen LogP contribution >= 0.6 is 0 Å². The van der Waals surface area contributed by atoms with E-state index in [1.807, 2.05) is 24.4 Å². The number of pyridine rings is 1. The summed E-state index contributed by atoms with van der Waals surface area (Å²) in [6.45, 7) is 6.78. The van der Waals surface area contributed by atoms with E-state index < -0.39 is 0 Å². The molecule has 7 rings (SSSR count). The normalized spacial score (nSPS) is 11.9. The lowest BCUT2D eigenvalue weighted by Crippen LogP contribution is -2.12. The van der Waals surface area contributed by atoms with Crippen LogP contribution in [0.3, 0.4) is 0 Å². The second kappa shape index (κ2) is 9.35. The quantitative estimate of drug-likeness (QED) is 0.233. The van der Waals surface area contributed by atoms with Crippen LogP contribution in [-0.2, 0) is 5.41 Å². The van der Waals surface area contributed by atoms with Crippen molar-refractivity contribution in [3.8, 4) is 34.0 Å². The molecule has 0 saturated heterocycles. The second-order valence-electron chi connectivity index (χ2n) is 11.2. The molecule has 194 valence electrons. The number of fused-ring (bicyclic) bond motifs is 3. The molecule has 0 bridgehead atoms. The molecule has 0 fully saturated rings. The standard InChI is InChI=1S/C36H30N4/c1-36(2,3)27-22-26(31-19-12-13-21-37-31)23-29(24-27)39-32-20-11-10-18-30(32)33-35(39)38-34(25-14-6-4-7-15-25)40(33)28-16-8-5-9-17-28/h4-24H,1-3H3. The molecule has 0 unspecified atom stereocenters. The molecule has 0 aliphatic rings. The predicted molar refractivity (Wildman–Crippen MR) is 165 cm³/mol. The minimum Gasteiger partial charge on any atom is -0.292 e. The van der Waals surface area contributed by atoms with Crippen LogP contribution in [0.25, 0.3) is 56.1 Å². The van der Waals surface area contributed by atoms with Gasteiger partial charge in [0.2, 0.25) is 0 Å². The summed E-state index contributed by atoms with van der Waals surface area (Å²) in [5, 5.41) is 1.16. The van der Waals surface area contributed by atoms with E-state index in [4.69, 9.17) is 4.98 Å². The molecular formula is C36H30N4. The summed E-state index contributed by atoms with van der Waals surface area (Å²) in [6.07, 6.45) is 1.86. The van der Waals surface area contributed by atoms with Crippen LogP contribution < -0.4 is 0 Å². The van der Waals surface area contributed by atoms with Crippen LogP contribution in [0, 0.1) is 0 Å². The molecule has 0 amide bonds. The highest BCUT2D eigenvalue weighted by atomic mass is 15.2. The molecule has 4 heteroatoms. The Hall–Kier alpha value is -4.96. The van der Waals surface area contributed by atoms with Crippen LogP contribution in [0.2, 0.25) is 0 Å². The van der Waals surface area contributed by atoms with Crippen LogP contribution in [-0.4, -0.2) is 19.1 Å². The van der Waals surface area contributed by atoms with Crippen LogP contribution in [0.1, 0.15) is 26.3 Å². The van der Waals surface area contributed by atoms with Gasteiger partial charge in [-0.1, -0.05) is 93.6 Å². The van der Waals surface area contributed by atoms with Gasteiger partial charge in [0.15, 0.2) is 5.65 Å². The first-order chi connectivity index (χ1) is 19.5. The first kappa shape index (κ1) is 24.1. The fourth-order valence-corrected chi connectivity index (χ4v) is 5.51. The molecule has 4 nitrogen and oxygen atoms in total. The van der Waals surface area contributed by atoms with Crippen LogP contribution in [0.4, 0.5) is 0 Å². The molecule has 0 N–H and O–H groups in total. The van der Waals surface area contributed by atoms with E-state index in [1.165, 1.54) is 5.56 Å². The van der Waals surface area contributed by atoms with Gasteiger partial charge in [-0.05, 0) is 59.5 Å². The van der Waals surface area contributed by atoms with Gasteiger partial charge < -0.3 is 0 Å². The summed E-state index contributed by atoms with van der Waals surface area (Å²) in [5.74, 6) is 0.924. The van der Waals surface area contributed by atoms with Crippen molar-refractivity contribution >= 4 is 22.1 Å². The molecule has 0 spiro atoms. The maximum Gasteiger partial charge on any atom is 0.165 e. The van der Waals surface area contributed by atoms with Crippen molar-refractivity contribution in [3.05, 3.63) is 133 Å². The third kappa shape index (κ3) is 4.00. The molecule has 0 saturated carbocycles. The summed E-state index contributed by atoms with van der Waals surface area (Å²) < 4.78 is 4.62. The first-order valence-electron chi connectivity index (χ1n) is 13.7. The summed E-state index contributed by atoms with van der Waals surface area (Å²) in [7, 11) is 0. The molecule has 4 aromatic carbocycles. The Kier molecular flexibility index (Phi) is 5.64. The number of aromatic nitrogens is 4. The van der Waals surface area contributed by atoms with Gasteiger partial charge in [-0.15, -0.1) is 0 Å². The van der Waals surface area contributed by atoms with E-state index in [0.29, 0.717) is 0 Å². The number of imidazole rings is 1. The Morgan fingerprint density at radius 3 is 2.02 bits per heavy atom. The van der Waals surface area contributed by atoms with Crippen molar-refractivity contribution in [3.63, 3.8) is 0 Å². The minimum atomic E-state index is -0.0415. The van der Waals surface area contributed by atoms with Crippen LogP contribution in [0.15, 0.2) is 128 Å². The van der Waals surface area contributed by atoms with E-state index >= 15 is 0 Å². The van der Waals surface area contributed by atoms with Crippen molar-refractivity contribution in [1.29, 1.82) is 0 Å². The van der Waals surface area contributed by atoms with E-state index in [9.17, 15) is 0 Å². The van der Waals surface area contributed by atoms with Crippen molar-refractivity contribution < 1.29 is 0 Å². The third-order valence-corrected chi connectivity index (χ3v) is 7.52. The minimum absolute atomic E-state index is 0.0415. The van der Waals surface area contributed by atoms with Gasteiger partial charge in [-0.25, -0.2) is 4.98 Å². The lowest BCUT2D eigenvalue weighted by Gasteiger charge is -2.22. The molecule has 40 heavy (non-hydrogen) atoms. The Balaban J connectivity index is 1.61. The average molecular weight is 519 g/mol. The van der Waals surface area contributed by atoms with E-state index in [1.54, 1.807) is 0 Å². The average Bonchev–Trinajstić information content (AvgIpc) is 3.53. The van der Waals surface area contributed by atoms with Gasteiger partial charge in [0.1, 0.15) is 11.3 Å². The fraction of sp³-hybridized carbons (Fsp3) is 0.111. The highest BCUT2D eigenvalue weighted by Crippen LogP contribution is 2.39. The summed E-state index contributed by atoms with van der Waals surface area (Å²) in [4.78, 5) is 10.1. The molecule has 0 radical (unpaired) electrons. The summed E-state index contributed by atoms with van der Waals surface area (Å²) in [6, 6.07) is 42.5. The molecule has 3 aromatic heterocycles. The zero-order valence-corrected chi connectivity index (χ0v) is 22.9. The number of nitrogens with zero attached hydrogens (tertiary/aromatic N) is 4. The number of rotatable bonds is 4. The number of para-hydroxylation sites is 2. The molecule has 0 aliphatic heterocycles. The lowest BCUT2D eigenvalue weighted by molar-refractivity contribution is 0.590. The number of hydrogen-bond donors (Lipinski definition) is 0. The molecule has 0 aliphatic carbocycles. The largest absolute Gasteiger partial charge is 0.292 e. The third-order valence-electron chi connectivity index (χ3n) is 7.52. The Labute approximate surface area is 234 Å². The second-order valence-corrected chi connectivity index (χ2v) is 11.2. The van der Waals surface area contributed by atoms with Gasteiger partial charge in [0, 0.05) is 34.1 Å². The Bertz CT molecular complexity index is 1960. The molecule has 7 aromatic rings. The van der Waals surface area contributed by atoms with Crippen LogP contribution in [0.5, 0.6) is 0 Å². The van der Waals surface area contributed by atoms with Crippen molar-refractivity contribution in [1.82, 2.24) is 19.1 Å². The Morgan fingerprint density at radius 1 is 0.600 bits per heavy atom. The molecule has 0 atom stereocenters.